The first kappa shape index (κ1) is 27.7. The van der Waals surface area contributed by atoms with Gasteiger partial charge in [-0.1, -0.05) is 24.3 Å². The summed E-state index contributed by atoms with van der Waals surface area (Å²) >= 11 is 0. The maximum atomic E-state index is 12.9. The van der Waals surface area contributed by atoms with Gasteiger partial charge in [0.25, 0.3) is 12.0 Å². The molecule has 0 bridgehead atoms. The second-order valence-corrected chi connectivity index (χ2v) is 8.83. The van der Waals surface area contributed by atoms with Crippen molar-refractivity contribution in [1.82, 2.24) is 14.3 Å². The van der Waals surface area contributed by atoms with Crippen molar-refractivity contribution in [3.05, 3.63) is 81.6 Å². The van der Waals surface area contributed by atoms with Crippen LogP contribution in [0.15, 0.2) is 59.2 Å². The maximum absolute atomic E-state index is 12.9. The molecular weight excluding hydrogens is 529 g/mol. The highest BCUT2D eigenvalue weighted by molar-refractivity contribution is 5.98. The molecule has 1 aromatic heterocycles. The van der Waals surface area contributed by atoms with Crippen LogP contribution in [0.1, 0.15) is 23.1 Å². The van der Waals surface area contributed by atoms with Crippen LogP contribution in [0, 0.1) is 6.92 Å². The van der Waals surface area contributed by atoms with Crippen molar-refractivity contribution >= 4 is 17.6 Å². The summed E-state index contributed by atoms with van der Waals surface area (Å²) in [6.45, 7) is 0.898. The Balaban J connectivity index is 1.54. The average molecular weight is 551 g/mol. The normalized spacial score (nSPS) is 13.3. The average Bonchev–Trinajstić information content (AvgIpc) is 3.22. The van der Waals surface area contributed by atoms with E-state index in [4.69, 9.17) is 5.73 Å². The van der Waals surface area contributed by atoms with E-state index < -0.39 is 48.5 Å². The summed E-state index contributed by atoms with van der Waals surface area (Å²) < 4.78 is 66.0. The monoisotopic (exact) mass is 551 g/mol. The molecular formula is C25H22F5N5O4. The number of hydroxylamine groups is 1. The zero-order valence-electron chi connectivity index (χ0n) is 20.5. The number of fused-ring (bicyclic) bond motifs is 1. The molecule has 1 amide bonds. The van der Waals surface area contributed by atoms with Crippen LogP contribution in [0.2, 0.25) is 0 Å². The van der Waals surface area contributed by atoms with Gasteiger partial charge >= 0.3 is 17.8 Å². The smallest absolute Gasteiger partial charge is 0.327 e. The molecule has 1 aliphatic heterocycles. The molecule has 0 saturated carbocycles. The number of carbonyl (C=O) groups is 2. The standard InChI is InChI=1S/C25H22F5N5O4/c1-14-8-18(9-17-6-7-20(36)35(21(14)17)39-23(37)25(28,29)30)16-4-2-15(3-5-16)11-33-13-32-34(24(33)38)12-19(10-31)22(26)27/h2-5,8-9,13H,6-7,10-12,31H2,1H3. The zero-order chi connectivity index (χ0) is 28.5. The molecule has 0 fully saturated rings. The lowest BCUT2D eigenvalue weighted by Crippen LogP contribution is -2.41. The van der Waals surface area contributed by atoms with Gasteiger partial charge in [0, 0.05) is 18.5 Å². The fraction of sp³-hybridized carbons (Fsp3) is 0.280. The van der Waals surface area contributed by atoms with E-state index in [-0.39, 0.29) is 25.1 Å². The second kappa shape index (κ2) is 10.8. The fourth-order valence-electron chi connectivity index (χ4n) is 4.17. The Morgan fingerprint density at radius 3 is 2.38 bits per heavy atom. The first-order chi connectivity index (χ1) is 18.4. The summed E-state index contributed by atoms with van der Waals surface area (Å²) in [6.07, 6.45) is -5.85. The van der Waals surface area contributed by atoms with Gasteiger partial charge in [-0.25, -0.2) is 14.3 Å². The van der Waals surface area contributed by atoms with Crippen molar-refractivity contribution in [2.45, 2.75) is 39.0 Å². The number of hydrogen-bond acceptors (Lipinski definition) is 6. The van der Waals surface area contributed by atoms with Crippen molar-refractivity contribution < 1.29 is 36.4 Å². The third-order valence-electron chi connectivity index (χ3n) is 6.11. The van der Waals surface area contributed by atoms with Crippen LogP contribution in [0.4, 0.5) is 27.6 Å². The number of nitrogens with zero attached hydrogens (tertiary/aromatic N) is 4. The van der Waals surface area contributed by atoms with Crippen LogP contribution in [0.3, 0.4) is 0 Å². The SMILES string of the molecule is Cc1cc(-c2ccc(Cn3cnn(CC(CN)=C(F)F)c3=O)cc2)cc2c1N(OC(=O)C(F)(F)F)C(=O)CC2. The molecule has 3 aromatic rings. The van der Waals surface area contributed by atoms with Gasteiger partial charge in [-0.2, -0.15) is 27.1 Å². The largest absolute Gasteiger partial charge is 0.493 e. The summed E-state index contributed by atoms with van der Waals surface area (Å²) in [7, 11) is 0. The third-order valence-corrected chi connectivity index (χ3v) is 6.11. The van der Waals surface area contributed by atoms with Gasteiger partial charge in [-0.3, -0.25) is 9.36 Å². The van der Waals surface area contributed by atoms with E-state index in [1.807, 2.05) is 0 Å². The molecule has 206 valence electrons. The number of alkyl halides is 3. The molecule has 0 saturated heterocycles. The number of aromatic nitrogens is 3. The summed E-state index contributed by atoms with van der Waals surface area (Å²) in [5.41, 5.74) is 7.58. The lowest BCUT2D eigenvalue weighted by Gasteiger charge is -2.29. The number of benzene rings is 2. The Hall–Kier alpha value is -4.33. The Kier molecular flexibility index (Phi) is 7.67. The maximum Gasteiger partial charge on any atom is 0.493 e. The highest BCUT2D eigenvalue weighted by Gasteiger charge is 2.44. The molecule has 0 spiro atoms. The minimum Gasteiger partial charge on any atom is -0.327 e. The van der Waals surface area contributed by atoms with Crippen LogP contribution in [-0.2, 0) is 33.9 Å². The van der Waals surface area contributed by atoms with Crippen LogP contribution in [0.25, 0.3) is 11.1 Å². The van der Waals surface area contributed by atoms with Gasteiger partial charge in [0.15, 0.2) is 0 Å². The quantitative estimate of drug-likeness (QED) is 0.450. The van der Waals surface area contributed by atoms with Crippen molar-refractivity contribution in [2.24, 2.45) is 5.73 Å². The first-order valence-corrected chi connectivity index (χ1v) is 11.6. The number of nitrogens with two attached hydrogens (primary N) is 1. The number of carbonyl (C=O) groups excluding carboxylic acids is 2. The molecule has 1 aliphatic rings. The van der Waals surface area contributed by atoms with Crippen molar-refractivity contribution in [2.75, 3.05) is 11.6 Å². The van der Waals surface area contributed by atoms with Gasteiger partial charge in [0.05, 0.1) is 18.8 Å². The second-order valence-electron chi connectivity index (χ2n) is 8.83. The summed E-state index contributed by atoms with van der Waals surface area (Å²) in [6, 6.07) is 10.4. The number of anilines is 1. The van der Waals surface area contributed by atoms with Crippen LogP contribution in [-0.4, -0.2) is 38.9 Å². The fourth-order valence-corrected chi connectivity index (χ4v) is 4.17. The highest BCUT2D eigenvalue weighted by atomic mass is 19.4. The molecule has 0 unspecified atom stereocenters. The summed E-state index contributed by atoms with van der Waals surface area (Å²) in [5.74, 6) is -3.25. The minimum atomic E-state index is -5.26. The van der Waals surface area contributed by atoms with Crippen LogP contribution in [0.5, 0.6) is 0 Å². The number of halogens is 5. The Bertz CT molecular complexity index is 1500. The van der Waals surface area contributed by atoms with Crippen LogP contribution >= 0.6 is 0 Å². The molecule has 2 heterocycles. The summed E-state index contributed by atoms with van der Waals surface area (Å²) in [5, 5.41) is 4.27. The summed E-state index contributed by atoms with van der Waals surface area (Å²) in [4.78, 5) is 40.5. The topological polar surface area (TPSA) is 112 Å². The molecule has 39 heavy (non-hydrogen) atoms. The predicted molar refractivity (Wildman–Crippen MR) is 128 cm³/mol. The number of aryl methyl sites for hydroxylation is 2. The molecule has 4 rings (SSSR count). The van der Waals surface area contributed by atoms with E-state index in [0.717, 1.165) is 15.8 Å². The van der Waals surface area contributed by atoms with Crippen molar-refractivity contribution in [3.63, 3.8) is 0 Å². The van der Waals surface area contributed by atoms with E-state index in [1.54, 1.807) is 43.3 Å². The van der Waals surface area contributed by atoms with Gasteiger partial charge in [-0.05, 0) is 53.3 Å². The molecule has 9 nitrogen and oxygen atoms in total. The molecule has 2 aromatic carbocycles. The Morgan fingerprint density at radius 1 is 1.08 bits per heavy atom. The predicted octanol–water partition coefficient (Wildman–Crippen LogP) is 3.48. The van der Waals surface area contributed by atoms with Crippen LogP contribution < -0.4 is 16.5 Å². The molecule has 2 N–H and O–H groups in total. The molecule has 0 radical (unpaired) electrons. The lowest BCUT2D eigenvalue weighted by atomic mass is 9.93. The van der Waals surface area contributed by atoms with E-state index in [1.165, 1.54) is 10.9 Å². The van der Waals surface area contributed by atoms with Gasteiger partial charge < -0.3 is 10.6 Å². The minimum absolute atomic E-state index is 0.0980. The molecule has 0 atom stereocenters. The van der Waals surface area contributed by atoms with Crippen molar-refractivity contribution in [1.29, 1.82) is 0 Å². The zero-order valence-corrected chi connectivity index (χ0v) is 20.5. The van der Waals surface area contributed by atoms with E-state index in [2.05, 4.69) is 9.94 Å². The number of amides is 1. The van der Waals surface area contributed by atoms with Gasteiger partial charge in [0.2, 0.25) is 0 Å². The van der Waals surface area contributed by atoms with E-state index in [9.17, 15) is 36.3 Å². The van der Waals surface area contributed by atoms with Crippen molar-refractivity contribution in [3.8, 4) is 11.1 Å². The Labute approximate surface area is 217 Å². The molecule has 14 heteroatoms. The lowest BCUT2D eigenvalue weighted by molar-refractivity contribution is -0.201. The van der Waals surface area contributed by atoms with E-state index >= 15 is 0 Å². The van der Waals surface area contributed by atoms with Gasteiger partial charge in [-0.15, -0.1) is 5.06 Å². The number of hydrogen-bond donors (Lipinski definition) is 1. The third kappa shape index (κ3) is 5.90. The first-order valence-electron chi connectivity index (χ1n) is 11.6. The highest BCUT2D eigenvalue weighted by Crippen LogP contribution is 2.36. The van der Waals surface area contributed by atoms with Gasteiger partial charge in [0.1, 0.15) is 6.33 Å². The van der Waals surface area contributed by atoms with E-state index in [0.29, 0.717) is 21.8 Å². The molecule has 0 aliphatic carbocycles. The number of rotatable bonds is 7. The Morgan fingerprint density at radius 2 is 1.77 bits per heavy atom.